The van der Waals surface area contributed by atoms with Crippen molar-refractivity contribution in [2.75, 3.05) is 11.9 Å². The molecule has 0 heterocycles. The number of nitrogens with two attached hydrogens (primary N) is 1. The van der Waals surface area contributed by atoms with Crippen LogP contribution in [0, 0.1) is 0 Å². The van der Waals surface area contributed by atoms with Crippen LogP contribution in [0.25, 0.3) is 0 Å². The Balaban J connectivity index is 1.49. The van der Waals surface area contributed by atoms with Gasteiger partial charge in [0.15, 0.2) is 6.61 Å². The Hall–Kier alpha value is -2.77. The second kappa shape index (κ2) is 9.43. The van der Waals surface area contributed by atoms with E-state index in [4.69, 9.17) is 10.5 Å². The molecule has 0 atom stereocenters. The van der Waals surface area contributed by atoms with Crippen molar-refractivity contribution in [3.05, 3.63) is 82.8 Å². The second-order valence-corrected chi connectivity index (χ2v) is 7.87. The van der Waals surface area contributed by atoms with E-state index in [1.165, 1.54) is 0 Å². The average Bonchev–Trinajstić information content (AvgIpc) is 2.70. The van der Waals surface area contributed by atoms with Crippen LogP contribution in [0.3, 0.4) is 0 Å². The summed E-state index contributed by atoms with van der Waals surface area (Å²) in [6.07, 6.45) is 0. The number of hydrogen-bond donors (Lipinski definition) is 2. The SMILES string of the molecule is NC(=O)c1ccc(OCC(=O)Nc2ccc(Sc3ccc(Br)cc3)cc2)cc1. The zero-order chi connectivity index (χ0) is 19.9. The predicted molar refractivity (Wildman–Crippen MR) is 114 cm³/mol. The lowest BCUT2D eigenvalue weighted by Gasteiger charge is -2.09. The molecule has 0 radical (unpaired) electrons. The molecule has 28 heavy (non-hydrogen) atoms. The van der Waals surface area contributed by atoms with Crippen LogP contribution in [0.15, 0.2) is 87.1 Å². The molecule has 0 aliphatic heterocycles. The number of carbonyl (C=O) groups excluding carboxylic acids is 2. The fourth-order valence-corrected chi connectivity index (χ4v) is 3.39. The van der Waals surface area contributed by atoms with Crippen LogP contribution < -0.4 is 15.8 Å². The molecule has 0 unspecified atom stereocenters. The van der Waals surface area contributed by atoms with Crippen LogP contribution in [-0.2, 0) is 4.79 Å². The fraction of sp³-hybridized carbons (Fsp3) is 0.0476. The summed E-state index contributed by atoms with van der Waals surface area (Å²) in [5.74, 6) is -0.292. The summed E-state index contributed by atoms with van der Waals surface area (Å²) >= 11 is 5.06. The van der Waals surface area contributed by atoms with Crippen molar-refractivity contribution in [3.8, 4) is 5.75 Å². The zero-order valence-electron chi connectivity index (χ0n) is 14.7. The van der Waals surface area contributed by atoms with Gasteiger partial charge in [-0.25, -0.2) is 0 Å². The van der Waals surface area contributed by atoms with Gasteiger partial charge in [0.05, 0.1) is 0 Å². The molecule has 0 fully saturated rings. The Morgan fingerprint density at radius 3 is 2.04 bits per heavy atom. The standard InChI is InChI=1S/C21H17BrN2O3S/c22-15-3-9-18(10-4-15)28-19-11-5-16(6-12-19)24-20(25)13-27-17-7-1-14(2-8-17)21(23)26/h1-12H,13H2,(H2,23,26)(H,24,25). The Labute approximate surface area is 175 Å². The zero-order valence-corrected chi connectivity index (χ0v) is 17.1. The molecule has 7 heteroatoms. The van der Waals surface area contributed by atoms with Crippen molar-refractivity contribution < 1.29 is 14.3 Å². The number of primary amides is 1. The van der Waals surface area contributed by atoms with E-state index < -0.39 is 5.91 Å². The van der Waals surface area contributed by atoms with Crippen molar-refractivity contribution >= 4 is 45.2 Å². The Morgan fingerprint density at radius 1 is 0.893 bits per heavy atom. The van der Waals surface area contributed by atoms with Gasteiger partial charge < -0.3 is 15.8 Å². The Morgan fingerprint density at radius 2 is 1.46 bits per heavy atom. The lowest BCUT2D eigenvalue weighted by Crippen LogP contribution is -2.20. The maximum atomic E-state index is 12.0. The molecule has 0 aromatic heterocycles. The number of benzene rings is 3. The number of carbonyl (C=O) groups is 2. The summed E-state index contributed by atoms with van der Waals surface area (Å²) < 4.78 is 6.46. The monoisotopic (exact) mass is 456 g/mol. The van der Waals surface area contributed by atoms with Crippen LogP contribution in [0.5, 0.6) is 5.75 Å². The van der Waals surface area contributed by atoms with Gasteiger partial charge in [-0.2, -0.15) is 0 Å². The van der Waals surface area contributed by atoms with Crippen molar-refractivity contribution in [3.63, 3.8) is 0 Å². The predicted octanol–water partition coefficient (Wildman–Crippen LogP) is 4.72. The van der Waals surface area contributed by atoms with E-state index in [0.717, 1.165) is 14.3 Å². The second-order valence-electron chi connectivity index (χ2n) is 5.81. The first-order valence-corrected chi connectivity index (χ1v) is 9.96. The van der Waals surface area contributed by atoms with Crippen molar-refractivity contribution in [2.24, 2.45) is 5.73 Å². The molecule has 3 aromatic rings. The minimum atomic E-state index is -0.508. The van der Waals surface area contributed by atoms with E-state index in [1.807, 2.05) is 48.5 Å². The number of anilines is 1. The highest BCUT2D eigenvalue weighted by Crippen LogP contribution is 2.29. The molecule has 0 saturated heterocycles. The van der Waals surface area contributed by atoms with Crippen LogP contribution in [-0.4, -0.2) is 18.4 Å². The Kier molecular flexibility index (Phi) is 6.73. The van der Waals surface area contributed by atoms with Crippen molar-refractivity contribution in [1.29, 1.82) is 0 Å². The minimum Gasteiger partial charge on any atom is -0.484 e. The number of amides is 2. The number of hydrogen-bond acceptors (Lipinski definition) is 4. The van der Waals surface area contributed by atoms with Gasteiger partial charge in [-0.15, -0.1) is 0 Å². The summed E-state index contributed by atoms with van der Waals surface area (Å²) in [6.45, 7) is -0.134. The molecule has 3 N–H and O–H groups in total. The normalized spacial score (nSPS) is 10.3. The van der Waals surface area contributed by atoms with E-state index >= 15 is 0 Å². The molecular weight excluding hydrogens is 440 g/mol. The van der Waals surface area contributed by atoms with Gasteiger partial charge in [-0.05, 0) is 72.8 Å². The largest absolute Gasteiger partial charge is 0.484 e. The first-order valence-electron chi connectivity index (χ1n) is 8.35. The van der Waals surface area contributed by atoms with E-state index in [0.29, 0.717) is 17.0 Å². The molecule has 0 spiro atoms. The molecule has 0 bridgehead atoms. The summed E-state index contributed by atoms with van der Waals surface area (Å²) in [4.78, 5) is 25.3. The van der Waals surface area contributed by atoms with Gasteiger partial charge in [-0.1, -0.05) is 27.7 Å². The molecule has 3 aromatic carbocycles. The number of ether oxygens (including phenoxy) is 1. The third-order valence-electron chi connectivity index (χ3n) is 3.70. The molecule has 3 rings (SSSR count). The van der Waals surface area contributed by atoms with Crippen LogP contribution in [0.2, 0.25) is 0 Å². The molecule has 142 valence electrons. The fourth-order valence-electron chi connectivity index (χ4n) is 2.31. The molecule has 0 saturated carbocycles. The topological polar surface area (TPSA) is 81.4 Å². The van der Waals surface area contributed by atoms with Gasteiger partial charge in [0.1, 0.15) is 5.75 Å². The lowest BCUT2D eigenvalue weighted by atomic mass is 10.2. The molecule has 5 nitrogen and oxygen atoms in total. The highest BCUT2D eigenvalue weighted by atomic mass is 79.9. The number of rotatable bonds is 7. The summed E-state index contributed by atoms with van der Waals surface area (Å²) in [5.41, 5.74) is 6.26. The molecule has 0 aliphatic rings. The van der Waals surface area contributed by atoms with Gasteiger partial charge in [-0.3, -0.25) is 9.59 Å². The lowest BCUT2D eigenvalue weighted by molar-refractivity contribution is -0.118. The van der Waals surface area contributed by atoms with Crippen molar-refractivity contribution in [2.45, 2.75) is 9.79 Å². The first kappa shape index (κ1) is 20.0. The maximum absolute atomic E-state index is 12.0. The smallest absolute Gasteiger partial charge is 0.262 e. The Bertz CT molecular complexity index is 958. The van der Waals surface area contributed by atoms with E-state index in [-0.39, 0.29) is 12.5 Å². The average molecular weight is 457 g/mol. The highest BCUT2D eigenvalue weighted by Gasteiger charge is 2.06. The van der Waals surface area contributed by atoms with Crippen LogP contribution in [0.4, 0.5) is 5.69 Å². The van der Waals surface area contributed by atoms with E-state index in [9.17, 15) is 9.59 Å². The molecule has 2 amide bonds. The number of nitrogens with one attached hydrogen (secondary N) is 1. The van der Waals surface area contributed by atoms with E-state index in [1.54, 1.807) is 36.0 Å². The molecular formula is C21H17BrN2O3S. The third kappa shape index (κ3) is 5.87. The third-order valence-corrected chi connectivity index (χ3v) is 5.24. The quantitative estimate of drug-likeness (QED) is 0.538. The molecule has 0 aliphatic carbocycles. The van der Waals surface area contributed by atoms with Gasteiger partial charge >= 0.3 is 0 Å². The van der Waals surface area contributed by atoms with E-state index in [2.05, 4.69) is 21.2 Å². The summed E-state index contributed by atoms with van der Waals surface area (Å²) in [6, 6.07) is 22.0. The number of halogens is 1. The van der Waals surface area contributed by atoms with Crippen molar-refractivity contribution in [1.82, 2.24) is 0 Å². The summed E-state index contributed by atoms with van der Waals surface area (Å²) in [7, 11) is 0. The van der Waals surface area contributed by atoms with Crippen LogP contribution in [0.1, 0.15) is 10.4 Å². The van der Waals surface area contributed by atoms with Crippen LogP contribution >= 0.6 is 27.7 Å². The van der Waals surface area contributed by atoms with Gasteiger partial charge in [0, 0.05) is 25.5 Å². The van der Waals surface area contributed by atoms with Gasteiger partial charge in [0.25, 0.3) is 5.91 Å². The maximum Gasteiger partial charge on any atom is 0.262 e. The summed E-state index contributed by atoms with van der Waals surface area (Å²) in [5, 5.41) is 2.79. The minimum absolute atomic E-state index is 0.134. The first-order chi connectivity index (χ1) is 13.5. The highest BCUT2D eigenvalue weighted by molar-refractivity contribution is 9.10. The van der Waals surface area contributed by atoms with Gasteiger partial charge in [0.2, 0.25) is 5.91 Å².